The van der Waals surface area contributed by atoms with E-state index >= 15 is 0 Å². The van der Waals surface area contributed by atoms with E-state index in [0.29, 0.717) is 11.0 Å². The summed E-state index contributed by atoms with van der Waals surface area (Å²) in [5.41, 5.74) is 7.00. The highest BCUT2D eigenvalue weighted by atomic mass is 19.1. The molecule has 4 aromatic rings. The van der Waals surface area contributed by atoms with E-state index in [4.69, 9.17) is 5.73 Å². The SMILES string of the molecule is Cn1cc(C(=O)NC(Cc2ccccc2)C(=O)C(N)=O)c(-n2cnc3ccc(F)cc32)n1. The predicted molar refractivity (Wildman–Crippen MR) is 113 cm³/mol. The first-order chi connectivity index (χ1) is 15.3. The van der Waals surface area contributed by atoms with Crippen LogP contribution >= 0.6 is 0 Å². The van der Waals surface area contributed by atoms with Crippen molar-refractivity contribution in [3.8, 4) is 5.82 Å². The summed E-state index contributed by atoms with van der Waals surface area (Å²) in [5.74, 6) is -2.96. The van der Waals surface area contributed by atoms with Crippen molar-refractivity contribution in [3.05, 3.63) is 78.0 Å². The van der Waals surface area contributed by atoms with Crippen molar-refractivity contribution in [2.45, 2.75) is 12.5 Å². The largest absolute Gasteiger partial charge is 0.363 e. The number of halogens is 1. The van der Waals surface area contributed by atoms with Gasteiger partial charge in [0.1, 0.15) is 23.7 Å². The molecule has 2 heterocycles. The summed E-state index contributed by atoms with van der Waals surface area (Å²) in [6.07, 6.45) is 2.98. The average Bonchev–Trinajstić information content (AvgIpc) is 3.36. The van der Waals surface area contributed by atoms with E-state index in [1.807, 2.05) is 6.07 Å². The minimum atomic E-state index is -1.16. The maximum absolute atomic E-state index is 13.8. The molecular formula is C22H19FN6O3. The molecule has 0 bridgehead atoms. The van der Waals surface area contributed by atoms with Crippen LogP contribution in [0.15, 0.2) is 61.1 Å². The molecule has 10 heteroatoms. The second kappa shape index (κ2) is 8.42. The number of rotatable bonds is 7. The van der Waals surface area contributed by atoms with Crippen LogP contribution in [0.2, 0.25) is 0 Å². The van der Waals surface area contributed by atoms with Gasteiger partial charge in [0.15, 0.2) is 5.82 Å². The Morgan fingerprint density at radius 1 is 1.16 bits per heavy atom. The molecule has 0 aliphatic rings. The van der Waals surface area contributed by atoms with E-state index < -0.39 is 29.5 Å². The summed E-state index contributed by atoms with van der Waals surface area (Å²) >= 11 is 0. The number of imidazole rings is 1. The van der Waals surface area contributed by atoms with Gasteiger partial charge in [-0.1, -0.05) is 30.3 Å². The standard InChI is InChI=1S/C22H19FN6O3/c1-28-11-15(21(27-28)29-12-25-16-8-7-14(23)10-18(16)29)22(32)26-17(19(30)20(24)31)9-13-5-3-2-4-6-13/h2-8,10-12,17H,9H2,1H3,(H2,24,31)(H,26,32). The van der Waals surface area contributed by atoms with Crippen LogP contribution in [0.1, 0.15) is 15.9 Å². The third-order valence-electron chi connectivity index (χ3n) is 4.94. The quantitative estimate of drug-likeness (QED) is 0.424. The molecule has 1 unspecified atom stereocenters. The van der Waals surface area contributed by atoms with Gasteiger partial charge in [-0.3, -0.25) is 23.6 Å². The van der Waals surface area contributed by atoms with Crippen LogP contribution < -0.4 is 11.1 Å². The van der Waals surface area contributed by atoms with Gasteiger partial charge >= 0.3 is 0 Å². The Morgan fingerprint density at radius 2 is 1.91 bits per heavy atom. The number of fused-ring (bicyclic) bond motifs is 1. The number of benzene rings is 2. The fraction of sp³-hybridized carbons (Fsp3) is 0.136. The minimum Gasteiger partial charge on any atom is -0.363 e. The summed E-state index contributed by atoms with van der Waals surface area (Å²) < 4.78 is 16.7. The summed E-state index contributed by atoms with van der Waals surface area (Å²) in [6, 6.07) is 11.9. The van der Waals surface area contributed by atoms with Crippen LogP contribution in [0, 0.1) is 5.82 Å². The number of carbonyl (C=O) groups is 3. The molecule has 9 nitrogen and oxygen atoms in total. The Morgan fingerprint density at radius 3 is 2.62 bits per heavy atom. The van der Waals surface area contributed by atoms with Crippen LogP contribution in [-0.2, 0) is 23.1 Å². The number of nitrogens with zero attached hydrogens (tertiary/aromatic N) is 4. The zero-order valence-corrected chi connectivity index (χ0v) is 17.0. The van der Waals surface area contributed by atoms with Gasteiger partial charge in [-0.25, -0.2) is 9.37 Å². The number of ketones is 1. The highest BCUT2D eigenvalue weighted by Gasteiger charge is 2.28. The predicted octanol–water partition coefficient (Wildman–Crippen LogP) is 1.29. The lowest BCUT2D eigenvalue weighted by Gasteiger charge is -2.16. The van der Waals surface area contributed by atoms with Crippen molar-refractivity contribution in [3.63, 3.8) is 0 Å². The first-order valence-corrected chi connectivity index (χ1v) is 9.68. The second-order valence-electron chi connectivity index (χ2n) is 7.23. The van der Waals surface area contributed by atoms with Crippen molar-refractivity contribution < 1.29 is 18.8 Å². The molecule has 2 aromatic heterocycles. The molecule has 0 saturated carbocycles. The highest BCUT2D eigenvalue weighted by Crippen LogP contribution is 2.21. The Hall–Kier alpha value is -4.34. The lowest BCUT2D eigenvalue weighted by Crippen LogP contribution is -2.47. The lowest BCUT2D eigenvalue weighted by atomic mass is 10.0. The molecule has 0 aliphatic heterocycles. The van der Waals surface area contributed by atoms with E-state index in [-0.39, 0.29) is 17.8 Å². The van der Waals surface area contributed by atoms with Gasteiger partial charge in [0, 0.05) is 25.7 Å². The normalized spacial score (nSPS) is 11.9. The van der Waals surface area contributed by atoms with Gasteiger partial charge in [-0.05, 0) is 17.7 Å². The maximum atomic E-state index is 13.8. The highest BCUT2D eigenvalue weighted by molar-refractivity contribution is 6.38. The second-order valence-corrected chi connectivity index (χ2v) is 7.23. The Balaban J connectivity index is 1.68. The van der Waals surface area contributed by atoms with E-state index in [1.54, 1.807) is 31.3 Å². The number of nitrogens with one attached hydrogen (secondary N) is 1. The first kappa shape index (κ1) is 20.9. The molecule has 0 radical (unpaired) electrons. The van der Waals surface area contributed by atoms with Gasteiger partial charge in [0.25, 0.3) is 11.8 Å². The number of hydrogen-bond acceptors (Lipinski definition) is 5. The number of amides is 2. The molecule has 0 saturated heterocycles. The monoisotopic (exact) mass is 434 g/mol. The average molecular weight is 434 g/mol. The Kier molecular flexibility index (Phi) is 5.50. The number of aryl methyl sites for hydroxylation is 1. The Labute approximate surface area is 181 Å². The van der Waals surface area contributed by atoms with Gasteiger partial charge in [-0.15, -0.1) is 0 Å². The smallest absolute Gasteiger partial charge is 0.287 e. The number of aromatic nitrogens is 4. The van der Waals surface area contributed by atoms with E-state index in [2.05, 4.69) is 15.4 Å². The van der Waals surface area contributed by atoms with Gasteiger partial charge in [0.2, 0.25) is 5.78 Å². The molecule has 162 valence electrons. The number of Topliss-reactive ketones (excluding diaryl/α,β-unsaturated/α-hetero) is 1. The number of hydrogen-bond donors (Lipinski definition) is 2. The molecule has 4 rings (SSSR count). The molecule has 0 spiro atoms. The maximum Gasteiger partial charge on any atom is 0.287 e. The first-order valence-electron chi connectivity index (χ1n) is 9.68. The summed E-state index contributed by atoms with van der Waals surface area (Å²) in [6.45, 7) is 0. The third-order valence-corrected chi connectivity index (χ3v) is 4.94. The van der Waals surface area contributed by atoms with E-state index in [1.165, 1.54) is 40.0 Å². The van der Waals surface area contributed by atoms with Crippen LogP contribution in [0.3, 0.4) is 0 Å². The van der Waals surface area contributed by atoms with Crippen molar-refractivity contribution in [1.29, 1.82) is 0 Å². The minimum absolute atomic E-state index is 0.0865. The third kappa shape index (κ3) is 4.10. The van der Waals surface area contributed by atoms with Crippen molar-refractivity contribution in [1.82, 2.24) is 24.6 Å². The van der Waals surface area contributed by atoms with Crippen LogP contribution in [0.4, 0.5) is 4.39 Å². The molecule has 0 aliphatic carbocycles. The number of primary amides is 1. The molecular weight excluding hydrogens is 415 g/mol. The molecule has 2 aromatic carbocycles. The van der Waals surface area contributed by atoms with Crippen molar-refractivity contribution in [2.24, 2.45) is 12.8 Å². The van der Waals surface area contributed by atoms with Crippen molar-refractivity contribution >= 4 is 28.6 Å². The molecule has 2 amide bonds. The summed E-state index contributed by atoms with van der Waals surface area (Å²) in [4.78, 5) is 41.3. The van der Waals surface area contributed by atoms with E-state index in [9.17, 15) is 18.8 Å². The van der Waals surface area contributed by atoms with Gasteiger partial charge in [-0.2, -0.15) is 5.10 Å². The molecule has 32 heavy (non-hydrogen) atoms. The van der Waals surface area contributed by atoms with Crippen LogP contribution in [0.25, 0.3) is 16.9 Å². The van der Waals surface area contributed by atoms with Crippen LogP contribution in [0.5, 0.6) is 0 Å². The number of nitrogens with two attached hydrogens (primary N) is 1. The van der Waals surface area contributed by atoms with Crippen molar-refractivity contribution in [2.75, 3.05) is 0 Å². The fourth-order valence-corrected chi connectivity index (χ4v) is 3.43. The fourth-order valence-electron chi connectivity index (χ4n) is 3.43. The molecule has 1 atom stereocenters. The topological polar surface area (TPSA) is 125 Å². The lowest BCUT2D eigenvalue weighted by molar-refractivity contribution is -0.137. The van der Waals surface area contributed by atoms with Gasteiger partial charge < -0.3 is 11.1 Å². The molecule has 3 N–H and O–H groups in total. The zero-order valence-electron chi connectivity index (χ0n) is 17.0. The Bertz CT molecular complexity index is 1330. The zero-order chi connectivity index (χ0) is 22.8. The molecule has 0 fully saturated rings. The summed E-state index contributed by atoms with van der Waals surface area (Å²) in [5, 5.41) is 6.89. The van der Waals surface area contributed by atoms with Gasteiger partial charge in [0.05, 0.1) is 11.0 Å². The van der Waals surface area contributed by atoms with Crippen LogP contribution in [-0.4, -0.2) is 43.0 Å². The number of carbonyl (C=O) groups excluding carboxylic acids is 3. The van der Waals surface area contributed by atoms with E-state index in [0.717, 1.165) is 5.56 Å². The summed E-state index contributed by atoms with van der Waals surface area (Å²) in [7, 11) is 1.62.